The molecule has 1 aromatic carbocycles. The lowest BCUT2D eigenvalue weighted by molar-refractivity contribution is -0.126. The number of likely N-dealkylation sites (tertiary alicyclic amines) is 1. The minimum absolute atomic E-state index is 0.126. The van der Waals surface area contributed by atoms with Crippen LogP contribution < -0.4 is 10.2 Å². The quantitative estimate of drug-likeness (QED) is 0.748. The van der Waals surface area contributed by atoms with Crippen LogP contribution in [0.15, 0.2) is 18.2 Å². The Balaban J connectivity index is 1.76. The van der Waals surface area contributed by atoms with Gasteiger partial charge in [0.1, 0.15) is 11.1 Å². The summed E-state index contributed by atoms with van der Waals surface area (Å²) in [6.07, 6.45) is 1.59. The van der Waals surface area contributed by atoms with Gasteiger partial charge in [0.05, 0.1) is 0 Å². The summed E-state index contributed by atoms with van der Waals surface area (Å²) in [6.45, 7) is 12.2. The number of anilines is 2. The summed E-state index contributed by atoms with van der Waals surface area (Å²) in [5, 5.41) is 3.11. The van der Waals surface area contributed by atoms with Gasteiger partial charge in [-0.1, -0.05) is 6.92 Å². The molecule has 0 radical (unpaired) electrons. The van der Waals surface area contributed by atoms with Crippen molar-refractivity contribution >= 4 is 35.1 Å². The minimum atomic E-state index is -0.864. The molecular weight excluding hydrogens is 398 g/mol. The Morgan fingerprint density at radius 2 is 1.90 bits per heavy atom. The first kappa shape index (κ1) is 22.8. The van der Waals surface area contributed by atoms with Crippen LogP contribution in [0.3, 0.4) is 0 Å². The monoisotopic (exact) mass is 433 g/mol. The van der Waals surface area contributed by atoms with Crippen molar-refractivity contribution < 1.29 is 14.3 Å². The maximum Gasteiger partial charge on any atom is 0.411 e. The van der Waals surface area contributed by atoms with E-state index in [1.807, 2.05) is 52.4 Å². The van der Waals surface area contributed by atoms with E-state index in [1.54, 1.807) is 4.90 Å². The van der Waals surface area contributed by atoms with Crippen LogP contribution in [0.1, 0.15) is 52.5 Å². The highest BCUT2D eigenvalue weighted by Gasteiger charge is 2.49. The van der Waals surface area contributed by atoms with Crippen molar-refractivity contribution in [1.29, 1.82) is 0 Å². The number of amides is 2. The smallest absolute Gasteiger partial charge is 0.411 e. The molecule has 6 nitrogen and oxygen atoms in total. The van der Waals surface area contributed by atoms with Crippen LogP contribution in [0.2, 0.25) is 0 Å². The van der Waals surface area contributed by atoms with E-state index in [0.29, 0.717) is 19.4 Å². The molecule has 0 aromatic heterocycles. The summed E-state index contributed by atoms with van der Waals surface area (Å²) in [4.78, 5) is 30.2. The second-order valence-corrected chi connectivity index (χ2v) is 10.4. The number of thioether (sulfide) groups is 1. The number of rotatable bonds is 4. The third-order valence-corrected chi connectivity index (χ3v) is 6.89. The van der Waals surface area contributed by atoms with Gasteiger partial charge in [-0.2, -0.15) is 11.8 Å². The average molecular weight is 434 g/mol. The molecule has 2 aliphatic rings. The van der Waals surface area contributed by atoms with Crippen LogP contribution in [0.25, 0.3) is 0 Å². The molecule has 3 rings (SSSR count). The van der Waals surface area contributed by atoms with Gasteiger partial charge in [-0.05, 0) is 70.7 Å². The highest BCUT2D eigenvalue weighted by Crippen LogP contribution is 2.36. The second kappa shape index (κ2) is 9.08. The number of carbonyl (C=O) groups is 2. The summed E-state index contributed by atoms with van der Waals surface area (Å²) in [5.74, 6) is 2.17. The molecule has 0 spiro atoms. The van der Waals surface area contributed by atoms with Crippen LogP contribution in [-0.4, -0.2) is 59.2 Å². The zero-order valence-electron chi connectivity index (χ0n) is 18.9. The van der Waals surface area contributed by atoms with Crippen LogP contribution >= 0.6 is 11.8 Å². The Morgan fingerprint density at radius 1 is 1.20 bits per heavy atom. The van der Waals surface area contributed by atoms with Crippen molar-refractivity contribution in [2.75, 3.05) is 41.4 Å². The topological polar surface area (TPSA) is 61.9 Å². The van der Waals surface area contributed by atoms with Crippen molar-refractivity contribution in [1.82, 2.24) is 4.90 Å². The molecule has 2 fully saturated rings. The van der Waals surface area contributed by atoms with Gasteiger partial charge in [0.15, 0.2) is 0 Å². The van der Waals surface area contributed by atoms with Crippen molar-refractivity contribution in [3.8, 4) is 0 Å². The summed E-state index contributed by atoms with van der Waals surface area (Å²) >= 11 is 1.99. The summed E-state index contributed by atoms with van der Waals surface area (Å²) in [5.41, 5.74) is 1.59. The van der Waals surface area contributed by atoms with Gasteiger partial charge in [0, 0.05) is 42.5 Å². The molecule has 1 atom stereocenters. The fourth-order valence-corrected chi connectivity index (χ4v) is 5.17. The van der Waals surface area contributed by atoms with Gasteiger partial charge >= 0.3 is 6.09 Å². The normalized spacial score (nSPS) is 22.2. The largest absolute Gasteiger partial charge is 0.444 e. The van der Waals surface area contributed by atoms with Crippen molar-refractivity contribution in [2.45, 2.75) is 65.0 Å². The summed E-state index contributed by atoms with van der Waals surface area (Å²) < 4.78 is 5.59. The van der Waals surface area contributed by atoms with Crippen LogP contribution in [0.5, 0.6) is 0 Å². The SMILES string of the molecule is CC[C@@]1(C(=O)Nc2ccc(N3CCSCC3)cc2C)CCCN1C(=O)OC(C)(C)C. The lowest BCUT2D eigenvalue weighted by Crippen LogP contribution is -2.56. The van der Waals surface area contributed by atoms with Crippen LogP contribution in [0.4, 0.5) is 16.2 Å². The molecule has 0 saturated carbocycles. The molecule has 1 aromatic rings. The molecule has 1 N–H and O–H groups in total. The molecule has 2 heterocycles. The van der Waals surface area contributed by atoms with Crippen molar-refractivity contribution in [3.63, 3.8) is 0 Å². The molecule has 7 heteroatoms. The zero-order chi connectivity index (χ0) is 21.9. The van der Waals surface area contributed by atoms with Crippen LogP contribution in [0, 0.1) is 6.92 Å². The van der Waals surface area contributed by atoms with Gasteiger partial charge in [0.2, 0.25) is 5.91 Å². The number of hydrogen-bond acceptors (Lipinski definition) is 5. The number of nitrogens with zero attached hydrogens (tertiary/aromatic N) is 2. The van der Waals surface area contributed by atoms with E-state index in [4.69, 9.17) is 4.74 Å². The number of ether oxygens (including phenoxy) is 1. The molecule has 0 bridgehead atoms. The van der Waals surface area contributed by atoms with Crippen LogP contribution in [-0.2, 0) is 9.53 Å². The highest BCUT2D eigenvalue weighted by molar-refractivity contribution is 7.99. The number of hydrogen-bond donors (Lipinski definition) is 1. The molecule has 0 unspecified atom stereocenters. The number of nitrogens with one attached hydrogen (secondary N) is 1. The Bertz CT molecular complexity index is 786. The first-order valence-corrected chi connectivity index (χ1v) is 12.1. The van der Waals surface area contributed by atoms with E-state index in [-0.39, 0.29) is 5.91 Å². The zero-order valence-corrected chi connectivity index (χ0v) is 19.7. The maximum atomic E-state index is 13.4. The second-order valence-electron chi connectivity index (χ2n) is 9.17. The summed E-state index contributed by atoms with van der Waals surface area (Å²) in [7, 11) is 0. The van der Waals surface area contributed by atoms with E-state index in [1.165, 1.54) is 5.69 Å². The Kier molecular flexibility index (Phi) is 6.90. The molecular formula is C23H35N3O3S. The van der Waals surface area contributed by atoms with Gasteiger partial charge in [0.25, 0.3) is 0 Å². The minimum Gasteiger partial charge on any atom is -0.444 e. The van der Waals surface area contributed by atoms with E-state index >= 15 is 0 Å². The van der Waals surface area contributed by atoms with Gasteiger partial charge in [-0.3, -0.25) is 9.69 Å². The number of carbonyl (C=O) groups excluding carboxylic acids is 2. The fourth-order valence-electron chi connectivity index (χ4n) is 4.27. The molecule has 166 valence electrons. The Labute approximate surface area is 184 Å². The van der Waals surface area contributed by atoms with Gasteiger partial charge in [-0.15, -0.1) is 0 Å². The third-order valence-electron chi connectivity index (χ3n) is 5.94. The number of benzene rings is 1. The van der Waals surface area contributed by atoms with Crippen molar-refractivity contribution in [2.24, 2.45) is 0 Å². The molecule has 2 saturated heterocycles. The molecule has 0 aliphatic carbocycles. The fraction of sp³-hybridized carbons (Fsp3) is 0.652. The molecule has 2 aliphatic heterocycles. The van der Waals surface area contributed by atoms with E-state index < -0.39 is 17.2 Å². The van der Waals surface area contributed by atoms with E-state index in [0.717, 1.165) is 42.3 Å². The predicted molar refractivity (Wildman–Crippen MR) is 125 cm³/mol. The predicted octanol–water partition coefficient (Wildman–Crippen LogP) is 4.67. The first-order valence-electron chi connectivity index (χ1n) is 10.9. The Morgan fingerprint density at radius 3 is 2.50 bits per heavy atom. The highest BCUT2D eigenvalue weighted by atomic mass is 32.2. The van der Waals surface area contributed by atoms with E-state index in [9.17, 15) is 9.59 Å². The van der Waals surface area contributed by atoms with Crippen molar-refractivity contribution in [3.05, 3.63) is 23.8 Å². The first-order chi connectivity index (χ1) is 14.2. The lowest BCUT2D eigenvalue weighted by Gasteiger charge is -2.37. The van der Waals surface area contributed by atoms with Gasteiger partial charge < -0.3 is 15.0 Å². The molecule has 30 heavy (non-hydrogen) atoms. The lowest BCUT2D eigenvalue weighted by atomic mass is 9.91. The number of aryl methyl sites for hydroxylation is 1. The Hall–Kier alpha value is -1.89. The standard InChI is InChI=1S/C23H35N3O3S/c1-6-23(10-7-11-26(23)21(28)29-22(3,4)5)20(27)24-19-9-8-18(16-17(19)2)25-12-14-30-15-13-25/h8-9,16H,6-7,10-15H2,1-5H3,(H,24,27)/t23-/m0/s1. The van der Waals surface area contributed by atoms with Gasteiger partial charge in [-0.25, -0.2) is 4.79 Å². The summed E-state index contributed by atoms with van der Waals surface area (Å²) in [6, 6.07) is 6.21. The maximum absolute atomic E-state index is 13.4. The average Bonchev–Trinajstić information content (AvgIpc) is 3.14. The third kappa shape index (κ3) is 4.88. The molecule has 2 amide bonds. The van der Waals surface area contributed by atoms with E-state index in [2.05, 4.69) is 22.3 Å².